The first kappa shape index (κ1) is 16.0. The van der Waals surface area contributed by atoms with E-state index in [2.05, 4.69) is 47.7 Å². The van der Waals surface area contributed by atoms with Crippen molar-refractivity contribution in [3.63, 3.8) is 0 Å². The normalized spacial score (nSPS) is 13.3. The molecule has 4 heteroatoms. The monoisotopic (exact) mass is 332 g/mol. The summed E-state index contributed by atoms with van der Waals surface area (Å²) >= 11 is 9.82. The molecule has 0 aliphatic carbocycles. The molecule has 1 atom stereocenters. The van der Waals surface area contributed by atoms with E-state index in [-0.39, 0.29) is 6.04 Å². The van der Waals surface area contributed by atoms with Crippen LogP contribution in [0.2, 0.25) is 5.02 Å². The van der Waals surface area contributed by atoms with Crippen LogP contribution in [0.15, 0.2) is 22.7 Å². The molecule has 2 nitrogen and oxygen atoms in total. The maximum atomic E-state index is 6.32. The summed E-state index contributed by atoms with van der Waals surface area (Å²) in [6.07, 6.45) is 1.11. The summed E-state index contributed by atoms with van der Waals surface area (Å²) in [6, 6.07) is 6.58. The first-order chi connectivity index (χ1) is 8.51. The maximum Gasteiger partial charge on any atom is 0.0488 e. The third-order valence-corrected chi connectivity index (χ3v) is 3.92. The Balaban J connectivity index is 3.10. The highest BCUT2D eigenvalue weighted by Crippen LogP contribution is 2.30. The molecule has 102 valence electrons. The number of rotatable bonds is 6. The van der Waals surface area contributed by atoms with E-state index in [0.717, 1.165) is 28.0 Å². The van der Waals surface area contributed by atoms with Crippen LogP contribution in [0.1, 0.15) is 38.8 Å². The quantitative estimate of drug-likeness (QED) is 0.844. The summed E-state index contributed by atoms with van der Waals surface area (Å²) in [5.41, 5.74) is 7.08. The standard InChI is InChI=1S/C14H22BrClN2/c1-4-7-18(10(2)3)14(9-17)12-8-11(15)5-6-13(12)16/h5-6,8,10,14H,4,7,9,17H2,1-3H3. The fourth-order valence-electron chi connectivity index (χ4n) is 2.24. The SMILES string of the molecule is CCCN(C(C)C)C(CN)c1cc(Br)ccc1Cl. The van der Waals surface area contributed by atoms with Gasteiger partial charge in [0.1, 0.15) is 0 Å². The summed E-state index contributed by atoms with van der Waals surface area (Å²) in [6.45, 7) is 8.19. The Morgan fingerprint density at radius 2 is 2.06 bits per heavy atom. The molecule has 0 aromatic heterocycles. The zero-order valence-electron chi connectivity index (χ0n) is 11.3. The second-order valence-corrected chi connectivity index (χ2v) is 6.07. The molecule has 0 amide bonds. The first-order valence-corrected chi connectivity index (χ1v) is 7.59. The van der Waals surface area contributed by atoms with Crippen LogP contribution in [-0.2, 0) is 0 Å². The average Bonchev–Trinajstić information content (AvgIpc) is 2.33. The molecule has 0 aliphatic rings. The Bertz CT molecular complexity index is 382. The summed E-state index contributed by atoms with van der Waals surface area (Å²) in [4.78, 5) is 2.41. The Morgan fingerprint density at radius 1 is 1.39 bits per heavy atom. The lowest BCUT2D eigenvalue weighted by molar-refractivity contribution is 0.157. The Morgan fingerprint density at radius 3 is 2.56 bits per heavy atom. The van der Waals surface area contributed by atoms with Gasteiger partial charge in [-0.25, -0.2) is 0 Å². The summed E-state index contributed by atoms with van der Waals surface area (Å²) in [5, 5.41) is 0.787. The lowest BCUT2D eigenvalue weighted by Gasteiger charge is -2.35. The van der Waals surface area contributed by atoms with Gasteiger partial charge >= 0.3 is 0 Å². The average molecular weight is 334 g/mol. The van der Waals surface area contributed by atoms with Crippen molar-refractivity contribution in [2.45, 2.75) is 39.3 Å². The number of benzene rings is 1. The van der Waals surface area contributed by atoms with Crippen molar-refractivity contribution in [1.29, 1.82) is 0 Å². The van der Waals surface area contributed by atoms with Crippen molar-refractivity contribution in [2.75, 3.05) is 13.1 Å². The second kappa shape index (κ2) is 7.49. The van der Waals surface area contributed by atoms with Crippen molar-refractivity contribution in [2.24, 2.45) is 5.73 Å². The molecule has 0 fully saturated rings. The van der Waals surface area contributed by atoms with Crippen LogP contribution in [-0.4, -0.2) is 24.0 Å². The van der Waals surface area contributed by atoms with E-state index in [9.17, 15) is 0 Å². The van der Waals surface area contributed by atoms with Crippen LogP contribution in [0.25, 0.3) is 0 Å². The molecule has 1 aromatic rings. The van der Waals surface area contributed by atoms with Gasteiger partial charge in [-0.3, -0.25) is 4.90 Å². The number of nitrogens with two attached hydrogens (primary N) is 1. The van der Waals surface area contributed by atoms with E-state index >= 15 is 0 Å². The van der Waals surface area contributed by atoms with E-state index in [1.165, 1.54) is 0 Å². The second-order valence-electron chi connectivity index (χ2n) is 4.75. The fourth-order valence-corrected chi connectivity index (χ4v) is 2.87. The number of hydrogen-bond acceptors (Lipinski definition) is 2. The fraction of sp³-hybridized carbons (Fsp3) is 0.571. The van der Waals surface area contributed by atoms with Gasteiger partial charge in [0, 0.05) is 28.1 Å². The smallest absolute Gasteiger partial charge is 0.0488 e. The van der Waals surface area contributed by atoms with Crippen molar-refractivity contribution in [1.82, 2.24) is 4.90 Å². The van der Waals surface area contributed by atoms with Gasteiger partial charge in [0.2, 0.25) is 0 Å². The minimum absolute atomic E-state index is 0.176. The molecule has 1 rings (SSSR count). The van der Waals surface area contributed by atoms with Crippen LogP contribution in [0, 0.1) is 0 Å². The van der Waals surface area contributed by atoms with Gasteiger partial charge in [-0.05, 0) is 50.6 Å². The van der Waals surface area contributed by atoms with Crippen LogP contribution >= 0.6 is 27.5 Å². The molecule has 1 aromatic carbocycles. The highest BCUT2D eigenvalue weighted by Gasteiger charge is 2.23. The van der Waals surface area contributed by atoms with Crippen molar-refractivity contribution in [3.8, 4) is 0 Å². The third-order valence-electron chi connectivity index (χ3n) is 3.09. The summed E-state index contributed by atoms with van der Waals surface area (Å²) in [7, 11) is 0. The van der Waals surface area contributed by atoms with E-state index in [1.807, 2.05) is 12.1 Å². The van der Waals surface area contributed by atoms with Gasteiger partial charge in [-0.15, -0.1) is 0 Å². The molecular weight excluding hydrogens is 312 g/mol. The molecule has 0 bridgehead atoms. The van der Waals surface area contributed by atoms with Gasteiger partial charge in [0.25, 0.3) is 0 Å². The van der Waals surface area contributed by atoms with Gasteiger partial charge in [0.15, 0.2) is 0 Å². The Kier molecular flexibility index (Phi) is 6.64. The molecule has 0 aliphatic heterocycles. The first-order valence-electron chi connectivity index (χ1n) is 6.42. The highest BCUT2D eigenvalue weighted by atomic mass is 79.9. The zero-order valence-corrected chi connectivity index (χ0v) is 13.6. The molecule has 0 saturated heterocycles. The number of halogens is 2. The predicted octanol–water partition coefficient (Wildman–Crippen LogP) is 4.22. The van der Waals surface area contributed by atoms with Crippen LogP contribution in [0.4, 0.5) is 0 Å². The van der Waals surface area contributed by atoms with E-state index in [0.29, 0.717) is 12.6 Å². The van der Waals surface area contributed by atoms with Crippen molar-refractivity contribution < 1.29 is 0 Å². The van der Waals surface area contributed by atoms with Crippen LogP contribution < -0.4 is 5.73 Å². The van der Waals surface area contributed by atoms with E-state index < -0.39 is 0 Å². The molecule has 0 radical (unpaired) electrons. The van der Waals surface area contributed by atoms with Crippen LogP contribution in [0.3, 0.4) is 0 Å². The molecular formula is C14H22BrClN2. The Hall–Kier alpha value is -0.0900. The molecule has 0 heterocycles. The minimum atomic E-state index is 0.176. The molecule has 0 saturated carbocycles. The van der Waals surface area contributed by atoms with E-state index in [4.69, 9.17) is 17.3 Å². The topological polar surface area (TPSA) is 29.3 Å². The molecule has 2 N–H and O–H groups in total. The molecule has 18 heavy (non-hydrogen) atoms. The van der Waals surface area contributed by atoms with Crippen molar-refractivity contribution in [3.05, 3.63) is 33.3 Å². The highest BCUT2D eigenvalue weighted by molar-refractivity contribution is 9.10. The van der Waals surface area contributed by atoms with Gasteiger partial charge in [-0.2, -0.15) is 0 Å². The molecule has 1 unspecified atom stereocenters. The lowest BCUT2D eigenvalue weighted by atomic mass is 10.0. The summed E-state index contributed by atoms with van der Waals surface area (Å²) < 4.78 is 1.04. The Labute approximate surface area is 124 Å². The van der Waals surface area contributed by atoms with Gasteiger partial charge < -0.3 is 5.73 Å². The van der Waals surface area contributed by atoms with E-state index in [1.54, 1.807) is 0 Å². The minimum Gasteiger partial charge on any atom is -0.329 e. The van der Waals surface area contributed by atoms with Gasteiger partial charge in [-0.1, -0.05) is 34.5 Å². The lowest BCUT2D eigenvalue weighted by Crippen LogP contribution is -2.39. The largest absolute Gasteiger partial charge is 0.329 e. The maximum absolute atomic E-state index is 6.32. The number of nitrogens with zero attached hydrogens (tertiary/aromatic N) is 1. The molecule has 0 spiro atoms. The third kappa shape index (κ3) is 3.95. The van der Waals surface area contributed by atoms with Crippen LogP contribution in [0.5, 0.6) is 0 Å². The predicted molar refractivity (Wildman–Crippen MR) is 83.1 cm³/mol. The van der Waals surface area contributed by atoms with Gasteiger partial charge in [0.05, 0.1) is 0 Å². The van der Waals surface area contributed by atoms with Crippen molar-refractivity contribution >= 4 is 27.5 Å². The summed E-state index contributed by atoms with van der Waals surface area (Å²) in [5.74, 6) is 0. The number of hydrogen-bond donors (Lipinski definition) is 1. The zero-order chi connectivity index (χ0) is 13.7.